The zero-order valence-electron chi connectivity index (χ0n) is 10.3. The molecule has 0 heterocycles. The largest absolute Gasteiger partial charge is 0.271 e. The number of nitrogens with two attached hydrogens (primary N) is 1. The predicted octanol–water partition coefficient (Wildman–Crippen LogP) is 5.11. The molecule has 1 atom stereocenters. The Bertz CT molecular complexity index is 622. The molecular formula is C14H12BrCl2IN2. The minimum atomic E-state index is 0.0108. The zero-order valence-corrected chi connectivity index (χ0v) is 15.6. The number of rotatable bonds is 4. The monoisotopic (exact) mass is 484 g/mol. The number of halogens is 4. The summed E-state index contributed by atoms with van der Waals surface area (Å²) in [6, 6.07) is 11.8. The molecule has 20 heavy (non-hydrogen) atoms. The number of nitrogens with one attached hydrogen (secondary N) is 1. The van der Waals surface area contributed by atoms with Crippen molar-refractivity contribution in [3.05, 3.63) is 65.6 Å². The molecule has 2 rings (SSSR count). The molecule has 0 bridgehead atoms. The maximum Gasteiger partial charge on any atom is 0.0595 e. The summed E-state index contributed by atoms with van der Waals surface area (Å²) in [6.45, 7) is 0. The van der Waals surface area contributed by atoms with E-state index in [0.29, 0.717) is 10.0 Å². The molecule has 1 unspecified atom stereocenters. The van der Waals surface area contributed by atoms with E-state index in [1.807, 2.05) is 18.2 Å². The Morgan fingerprint density at radius 1 is 1.15 bits per heavy atom. The van der Waals surface area contributed by atoms with E-state index < -0.39 is 0 Å². The van der Waals surface area contributed by atoms with Gasteiger partial charge >= 0.3 is 0 Å². The highest BCUT2D eigenvalue weighted by Crippen LogP contribution is 2.28. The van der Waals surface area contributed by atoms with Crippen LogP contribution in [-0.2, 0) is 6.42 Å². The molecule has 2 aromatic carbocycles. The van der Waals surface area contributed by atoms with Crippen molar-refractivity contribution in [1.29, 1.82) is 0 Å². The average molecular weight is 486 g/mol. The maximum absolute atomic E-state index is 6.05. The van der Waals surface area contributed by atoms with Gasteiger partial charge in [-0.05, 0) is 70.5 Å². The first kappa shape index (κ1) is 16.5. The molecule has 0 radical (unpaired) electrons. The number of hydrogen-bond donors (Lipinski definition) is 2. The van der Waals surface area contributed by atoms with Gasteiger partial charge < -0.3 is 0 Å². The lowest BCUT2D eigenvalue weighted by Gasteiger charge is -2.18. The van der Waals surface area contributed by atoms with E-state index in [4.69, 9.17) is 29.0 Å². The third-order valence-corrected chi connectivity index (χ3v) is 5.17. The van der Waals surface area contributed by atoms with Gasteiger partial charge in [-0.1, -0.05) is 45.2 Å². The molecule has 0 amide bonds. The molecule has 0 aliphatic rings. The SMILES string of the molecule is NNC(Cc1ccc(Cl)c(Cl)c1)c1cc(Br)ccc1I. The molecule has 0 saturated heterocycles. The van der Waals surface area contributed by atoms with E-state index in [2.05, 4.69) is 56.1 Å². The van der Waals surface area contributed by atoms with E-state index in [9.17, 15) is 0 Å². The van der Waals surface area contributed by atoms with Crippen molar-refractivity contribution >= 4 is 61.7 Å². The van der Waals surface area contributed by atoms with Crippen LogP contribution in [0.2, 0.25) is 10.0 Å². The highest BCUT2D eigenvalue weighted by atomic mass is 127. The van der Waals surface area contributed by atoms with E-state index in [0.717, 1.165) is 25.6 Å². The van der Waals surface area contributed by atoms with E-state index >= 15 is 0 Å². The molecular weight excluding hydrogens is 474 g/mol. The summed E-state index contributed by atoms with van der Waals surface area (Å²) in [5.74, 6) is 5.71. The lowest BCUT2D eigenvalue weighted by atomic mass is 9.99. The number of hydrogen-bond acceptors (Lipinski definition) is 2. The van der Waals surface area contributed by atoms with Gasteiger partial charge in [0.1, 0.15) is 0 Å². The van der Waals surface area contributed by atoms with Gasteiger partial charge in [0.25, 0.3) is 0 Å². The highest BCUT2D eigenvalue weighted by molar-refractivity contribution is 14.1. The van der Waals surface area contributed by atoms with Crippen LogP contribution in [0.25, 0.3) is 0 Å². The van der Waals surface area contributed by atoms with E-state index in [-0.39, 0.29) is 6.04 Å². The molecule has 0 spiro atoms. The average Bonchev–Trinajstić information content (AvgIpc) is 2.43. The summed E-state index contributed by atoms with van der Waals surface area (Å²) < 4.78 is 2.19. The Balaban J connectivity index is 2.28. The molecule has 2 nitrogen and oxygen atoms in total. The molecule has 0 saturated carbocycles. The second kappa shape index (κ2) is 7.42. The molecule has 0 fully saturated rings. The molecule has 3 N–H and O–H groups in total. The lowest BCUT2D eigenvalue weighted by Crippen LogP contribution is -2.30. The Labute approximate surface area is 150 Å². The van der Waals surface area contributed by atoms with Crippen molar-refractivity contribution in [2.24, 2.45) is 5.84 Å². The summed E-state index contributed by atoms with van der Waals surface area (Å²) in [6.07, 6.45) is 0.736. The predicted molar refractivity (Wildman–Crippen MR) is 97.1 cm³/mol. The first-order valence-electron chi connectivity index (χ1n) is 5.86. The Kier molecular flexibility index (Phi) is 6.13. The lowest BCUT2D eigenvalue weighted by molar-refractivity contribution is 0.549. The van der Waals surface area contributed by atoms with E-state index in [1.54, 1.807) is 6.07 Å². The fourth-order valence-corrected chi connectivity index (χ4v) is 3.35. The van der Waals surface area contributed by atoms with Gasteiger partial charge in [-0.2, -0.15) is 0 Å². The van der Waals surface area contributed by atoms with Gasteiger partial charge in [0.05, 0.1) is 16.1 Å². The van der Waals surface area contributed by atoms with Crippen molar-refractivity contribution < 1.29 is 0 Å². The first-order valence-corrected chi connectivity index (χ1v) is 8.49. The maximum atomic E-state index is 6.05. The van der Waals surface area contributed by atoms with Gasteiger partial charge in [-0.15, -0.1) is 0 Å². The minimum absolute atomic E-state index is 0.0108. The van der Waals surface area contributed by atoms with Gasteiger partial charge in [0, 0.05) is 8.04 Å². The van der Waals surface area contributed by atoms with Crippen LogP contribution in [0.15, 0.2) is 40.9 Å². The van der Waals surface area contributed by atoms with Gasteiger partial charge in [0.15, 0.2) is 0 Å². The summed E-state index contributed by atoms with van der Waals surface area (Å²) in [7, 11) is 0. The molecule has 106 valence electrons. The van der Waals surface area contributed by atoms with Crippen molar-refractivity contribution in [1.82, 2.24) is 5.43 Å². The van der Waals surface area contributed by atoms with Crippen molar-refractivity contribution in [3.63, 3.8) is 0 Å². The van der Waals surface area contributed by atoms with Gasteiger partial charge in [-0.3, -0.25) is 11.3 Å². The summed E-state index contributed by atoms with van der Waals surface area (Å²) in [5.41, 5.74) is 5.10. The van der Waals surface area contributed by atoms with Crippen LogP contribution < -0.4 is 11.3 Å². The normalized spacial score (nSPS) is 12.4. The fourth-order valence-electron chi connectivity index (χ4n) is 1.94. The van der Waals surface area contributed by atoms with Crippen LogP contribution in [0.5, 0.6) is 0 Å². The van der Waals surface area contributed by atoms with Crippen LogP contribution in [0.3, 0.4) is 0 Å². The Morgan fingerprint density at radius 2 is 1.90 bits per heavy atom. The third-order valence-electron chi connectivity index (χ3n) is 2.96. The fraction of sp³-hybridized carbons (Fsp3) is 0.143. The second-order valence-electron chi connectivity index (χ2n) is 4.34. The van der Waals surface area contributed by atoms with E-state index in [1.165, 1.54) is 0 Å². The third kappa shape index (κ3) is 4.08. The highest BCUT2D eigenvalue weighted by Gasteiger charge is 2.15. The quantitative estimate of drug-likeness (QED) is 0.359. The van der Waals surface area contributed by atoms with Crippen LogP contribution >= 0.6 is 61.7 Å². The number of benzene rings is 2. The summed E-state index contributed by atoms with van der Waals surface area (Å²) in [5, 5.41) is 1.12. The summed E-state index contributed by atoms with van der Waals surface area (Å²) >= 11 is 17.8. The van der Waals surface area contributed by atoms with Gasteiger partial charge in [-0.25, -0.2) is 0 Å². The number of hydrazine groups is 1. The van der Waals surface area contributed by atoms with Crippen molar-refractivity contribution in [3.8, 4) is 0 Å². The molecule has 2 aromatic rings. The zero-order chi connectivity index (χ0) is 14.7. The van der Waals surface area contributed by atoms with Gasteiger partial charge in [0.2, 0.25) is 0 Å². The molecule has 0 aliphatic heterocycles. The summed E-state index contributed by atoms with van der Waals surface area (Å²) in [4.78, 5) is 0. The molecule has 6 heteroatoms. The second-order valence-corrected chi connectivity index (χ2v) is 7.23. The Morgan fingerprint density at radius 3 is 2.55 bits per heavy atom. The standard InChI is InChI=1S/C14H12BrCl2IN2/c15-9-2-4-13(18)10(7-9)14(20-19)6-8-1-3-11(16)12(17)5-8/h1-5,7,14,20H,6,19H2. The van der Waals surface area contributed by atoms with Crippen LogP contribution in [0.1, 0.15) is 17.2 Å². The minimum Gasteiger partial charge on any atom is -0.271 e. The van der Waals surface area contributed by atoms with Crippen molar-refractivity contribution in [2.45, 2.75) is 12.5 Å². The topological polar surface area (TPSA) is 38.0 Å². The molecule has 0 aromatic heterocycles. The smallest absolute Gasteiger partial charge is 0.0595 e. The van der Waals surface area contributed by atoms with Crippen molar-refractivity contribution in [2.75, 3.05) is 0 Å². The Hall–Kier alpha value is 0.150. The molecule has 0 aliphatic carbocycles. The van der Waals surface area contributed by atoms with Crippen LogP contribution in [-0.4, -0.2) is 0 Å². The van der Waals surface area contributed by atoms with Crippen LogP contribution in [0, 0.1) is 3.57 Å². The van der Waals surface area contributed by atoms with Crippen LogP contribution in [0.4, 0.5) is 0 Å². The first-order chi connectivity index (χ1) is 9.51.